The summed E-state index contributed by atoms with van der Waals surface area (Å²) in [7, 11) is 0. The molecule has 0 radical (unpaired) electrons. The van der Waals surface area contributed by atoms with Crippen molar-refractivity contribution < 1.29 is 13.6 Å². The van der Waals surface area contributed by atoms with E-state index in [2.05, 4.69) is 0 Å². The average Bonchev–Trinajstić information content (AvgIpc) is 2.35. The number of rotatable bonds is 5. The summed E-state index contributed by atoms with van der Waals surface area (Å²) in [5.74, 6) is -2.18. The van der Waals surface area contributed by atoms with E-state index in [0.717, 1.165) is 12.1 Å². The van der Waals surface area contributed by atoms with Crippen molar-refractivity contribution in [2.24, 2.45) is 11.1 Å². The Bertz CT molecular complexity index is 406. The maximum absolute atomic E-state index is 13.1. The van der Waals surface area contributed by atoms with Crippen molar-refractivity contribution in [1.29, 1.82) is 0 Å². The topological polar surface area (TPSA) is 43.1 Å². The number of hydrogen-bond donors (Lipinski definition) is 1. The maximum Gasteiger partial charge on any atom is 0.170 e. The summed E-state index contributed by atoms with van der Waals surface area (Å²) in [5, 5.41) is 0. The van der Waals surface area contributed by atoms with E-state index in [-0.39, 0.29) is 17.9 Å². The molecule has 0 aromatic heterocycles. The third kappa shape index (κ3) is 2.52. The van der Waals surface area contributed by atoms with Gasteiger partial charge in [0.15, 0.2) is 17.4 Å². The third-order valence-electron chi connectivity index (χ3n) is 3.41. The smallest absolute Gasteiger partial charge is 0.170 e. The number of hydrogen-bond acceptors (Lipinski definition) is 2. The zero-order valence-corrected chi connectivity index (χ0v) is 10.1. The Morgan fingerprint density at radius 1 is 1.24 bits per heavy atom. The van der Waals surface area contributed by atoms with Crippen LogP contribution in [0.25, 0.3) is 0 Å². The van der Waals surface area contributed by atoms with Crippen molar-refractivity contribution in [2.75, 3.05) is 6.54 Å². The first-order chi connectivity index (χ1) is 8.00. The molecule has 94 valence electrons. The van der Waals surface area contributed by atoms with Crippen LogP contribution in [0, 0.1) is 17.0 Å². The lowest BCUT2D eigenvalue weighted by Crippen LogP contribution is -2.37. The molecule has 4 heteroatoms. The Balaban J connectivity index is 3.14. The highest BCUT2D eigenvalue weighted by Crippen LogP contribution is 2.30. The number of ketones is 1. The van der Waals surface area contributed by atoms with Crippen LogP contribution in [-0.2, 0) is 0 Å². The first-order valence-electron chi connectivity index (χ1n) is 5.70. The van der Waals surface area contributed by atoms with Crippen molar-refractivity contribution >= 4 is 5.78 Å². The summed E-state index contributed by atoms with van der Waals surface area (Å²) in [5.41, 5.74) is 5.15. The van der Waals surface area contributed by atoms with E-state index in [0.29, 0.717) is 12.8 Å². The molecule has 0 aliphatic heterocycles. The fourth-order valence-corrected chi connectivity index (χ4v) is 1.90. The van der Waals surface area contributed by atoms with Gasteiger partial charge < -0.3 is 5.73 Å². The second-order valence-corrected chi connectivity index (χ2v) is 4.15. The van der Waals surface area contributed by atoms with Gasteiger partial charge in [-0.2, -0.15) is 0 Å². The number of benzene rings is 1. The molecule has 1 aromatic rings. The zero-order chi connectivity index (χ0) is 13.1. The number of halogens is 2. The molecule has 2 N–H and O–H groups in total. The molecule has 0 atom stereocenters. The molecular weight excluding hydrogens is 224 g/mol. The summed E-state index contributed by atoms with van der Waals surface area (Å²) in [6, 6.07) is 3.21. The molecule has 0 saturated carbocycles. The van der Waals surface area contributed by atoms with Gasteiger partial charge in [0.25, 0.3) is 0 Å². The molecule has 2 nitrogen and oxygen atoms in total. The van der Waals surface area contributed by atoms with Crippen molar-refractivity contribution in [3.05, 3.63) is 35.4 Å². The van der Waals surface area contributed by atoms with Gasteiger partial charge in [-0.3, -0.25) is 4.79 Å². The van der Waals surface area contributed by atoms with Crippen molar-refractivity contribution in [3.63, 3.8) is 0 Å². The highest BCUT2D eigenvalue weighted by Gasteiger charge is 2.34. The van der Waals surface area contributed by atoms with Crippen LogP contribution in [-0.4, -0.2) is 12.3 Å². The van der Waals surface area contributed by atoms with Crippen LogP contribution in [0.1, 0.15) is 37.0 Å². The Hall–Kier alpha value is -1.29. The van der Waals surface area contributed by atoms with Gasteiger partial charge in [0.05, 0.1) is 0 Å². The average molecular weight is 241 g/mol. The van der Waals surface area contributed by atoms with Crippen LogP contribution in [0.3, 0.4) is 0 Å². The third-order valence-corrected chi connectivity index (χ3v) is 3.41. The molecule has 17 heavy (non-hydrogen) atoms. The van der Waals surface area contributed by atoms with Gasteiger partial charge in [0, 0.05) is 17.5 Å². The molecule has 0 amide bonds. The Labute approximate surface area is 99.8 Å². The largest absolute Gasteiger partial charge is 0.329 e. The molecule has 0 aliphatic carbocycles. The van der Waals surface area contributed by atoms with Crippen LogP contribution in [0.4, 0.5) is 8.78 Å². The SMILES string of the molecule is CCC(CC)(CN)C(=O)c1ccc(F)c(F)c1. The number of carbonyl (C=O) groups is 1. The zero-order valence-electron chi connectivity index (χ0n) is 10.1. The van der Waals surface area contributed by atoms with Gasteiger partial charge >= 0.3 is 0 Å². The summed E-state index contributed by atoms with van der Waals surface area (Å²) in [6.07, 6.45) is 1.16. The predicted molar refractivity (Wildman–Crippen MR) is 62.8 cm³/mol. The van der Waals surface area contributed by atoms with Crippen LogP contribution in [0.2, 0.25) is 0 Å². The first kappa shape index (κ1) is 13.8. The van der Waals surface area contributed by atoms with Gasteiger partial charge in [0.2, 0.25) is 0 Å². The molecule has 0 heterocycles. The number of Topliss-reactive ketones (excluding diaryl/α,β-unsaturated/α-hetero) is 1. The van der Waals surface area contributed by atoms with E-state index in [4.69, 9.17) is 5.73 Å². The Kier molecular flexibility index (Phi) is 4.34. The van der Waals surface area contributed by atoms with E-state index in [9.17, 15) is 13.6 Å². The van der Waals surface area contributed by atoms with Gasteiger partial charge in [0.1, 0.15) is 0 Å². The monoisotopic (exact) mass is 241 g/mol. The second-order valence-electron chi connectivity index (χ2n) is 4.15. The molecule has 0 spiro atoms. The molecule has 0 saturated heterocycles. The van der Waals surface area contributed by atoms with Crippen molar-refractivity contribution in [3.8, 4) is 0 Å². The summed E-state index contributed by atoms with van der Waals surface area (Å²) >= 11 is 0. The fraction of sp³-hybridized carbons (Fsp3) is 0.462. The molecule has 1 rings (SSSR count). The maximum atomic E-state index is 13.1. The quantitative estimate of drug-likeness (QED) is 0.805. The Morgan fingerprint density at radius 3 is 2.24 bits per heavy atom. The highest BCUT2D eigenvalue weighted by atomic mass is 19.2. The summed E-state index contributed by atoms with van der Waals surface area (Å²) in [6.45, 7) is 3.94. The van der Waals surface area contributed by atoms with Crippen molar-refractivity contribution in [1.82, 2.24) is 0 Å². The highest BCUT2D eigenvalue weighted by molar-refractivity contribution is 6.00. The molecular formula is C13H17F2NO. The van der Waals surface area contributed by atoms with Gasteiger partial charge in [-0.1, -0.05) is 13.8 Å². The van der Waals surface area contributed by atoms with Crippen LogP contribution >= 0.6 is 0 Å². The van der Waals surface area contributed by atoms with Crippen LogP contribution < -0.4 is 5.73 Å². The van der Waals surface area contributed by atoms with Crippen LogP contribution in [0.5, 0.6) is 0 Å². The van der Waals surface area contributed by atoms with Gasteiger partial charge in [-0.15, -0.1) is 0 Å². The van der Waals surface area contributed by atoms with E-state index in [1.165, 1.54) is 6.07 Å². The van der Waals surface area contributed by atoms with Crippen LogP contribution in [0.15, 0.2) is 18.2 Å². The van der Waals surface area contributed by atoms with Gasteiger partial charge in [-0.05, 0) is 31.0 Å². The lowest BCUT2D eigenvalue weighted by atomic mass is 9.76. The fourth-order valence-electron chi connectivity index (χ4n) is 1.90. The van der Waals surface area contributed by atoms with Crippen molar-refractivity contribution in [2.45, 2.75) is 26.7 Å². The van der Waals surface area contributed by atoms with Gasteiger partial charge in [-0.25, -0.2) is 8.78 Å². The minimum Gasteiger partial charge on any atom is -0.329 e. The summed E-state index contributed by atoms with van der Waals surface area (Å²) in [4.78, 5) is 12.3. The predicted octanol–water partition coefficient (Wildman–Crippen LogP) is 2.91. The number of carbonyl (C=O) groups excluding carboxylic acids is 1. The van der Waals surface area contributed by atoms with E-state index in [1.807, 2.05) is 13.8 Å². The summed E-state index contributed by atoms with van der Waals surface area (Å²) < 4.78 is 25.9. The molecule has 0 unspecified atom stereocenters. The normalized spacial score (nSPS) is 11.6. The molecule has 0 fully saturated rings. The minimum absolute atomic E-state index is 0.179. The Morgan fingerprint density at radius 2 is 1.82 bits per heavy atom. The van der Waals surface area contributed by atoms with E-state index >= 15 is 0 Å². The van der Waals surface area contributed by atoms with E-state index < -0.39 is 17.0 Å². The lowest BCUT2D eigenvalue weighted by Gasteiger charge is -2.28. The number of nitrogens with two attached hydrogens (primary N) is 1. The molecule has 1 aromatic carbocycles. The molecule has 0 aliphatic rings. The molecule has 0 bridgehead atoms. The lowest BCUT2D eigenvalue weighted by molar-refractivity contribution is 0.0787. The standard InChI is InChI=1S/C13H17F2NO/c1-3-13(4-2,8-16)12(17)9-5-6-10(14)11(15)7-9/h5-7H,3-4,8,16H2,1-2H3. The second kappa shape index (κ2) is 5.36. The van der Waals surface area contributed by atoms with E-state index in [1.54, 1.807) is 0 Å². The first-order valence-corrected chi connectivity index (χ1v) is 5.70. The minimum atomic E-state index is -1.01.